The summed E-state index contributed by atoms with van der Waals surface area (Å²) in [5.74, 6) is -0.0546. The quantitative estimate of drug-likeness (QED) is 0.141. The van der Waals surface area contributed by atoms with Crippen LogP contribution in [-0.2, 0) is 9.53 Å². The first kappa shape index (κ1) is 24.9. The second-order valence-electron chi connectivity index (χ2n) is 6.23. The average Bonchev–Trinajstić information content (AvgIpc) is 2.58. The van der Waals surface area contributed by atoms with E-state index in [0.717, 1.165) is 80.2 Å². The molecule has 0 bridgehead atoms. The molecule has 6 heteroatoms. The van der Waals surface area contributed by atoms with Crippen LogP contribution >= 0.6 is 47.8 Å². The lowest BCUT2D eigenvalue weighted by molar-refractivity contribution is -0.146. The molecule has 0 spiro atoms. The summed E-state index contributed by atoms with van der Waals surface area (Å²) in [6, 6.07) is 0. The minimum Gasteiger partial charge on any atom is -0.465 e. The van der Waals surface area contributed by atoms with Crippen LogP contribution in [-0.4, -0.2) is 39.8 Å². The van der Waals surface area contributed by atoms with Gasteiger partial charge < -0.3 is 9.84 Å². The number of aliphatic hydroxyl groups is 1. The van der Waals surface area contributed by atoms with E-state index in [1.165, 1.54) is 0 Å². The van der Waals surface area contributed by atoms with Crippen LogP contribution in [0.1, 0.15) is 70.6 Å². The topological polar surface area (TPSA) is 46.5 Å². The first-order valence-corrected chi connectivity index (χ1v) is 12.5. The molecule has 0 saturated heterocycles. The molecule has 2 atom stereocenters. The van der Waals surface area contributed by atoms with Crippen molar-refractivity contribution in [3.05, 3.63) is 0 Å². The van der Waals surface area contributed by atoms with Crippen molar-refractivity contribution in [3.8, 4) is 0 Å². The van der Waals surface area contributed by atoms with E-state index >= 15 is 0 Å². The number of ether oxygens (including phenoxy) is 1. The van der Waals surface area contributed by atoms with Crippen molar-refractivity contribution in [1.82, 2.24) is 0 Å². The number of alkyl halides is 3. The Morgan fingerprint density at radius 2 is 1.33 bits per heavy atom. The number of aliphatic hydroxyl groups excluding tert-OH is 1. The Morgan fingerprint density at radius 3 is 1.96 bits per heavy atom. The number of hydrogen-bond acceptors (Lipinski definition) is 3. The summed E-state index contributed by atoms with van der Waals surface area (Å²) >= 11 is 10.3. The molecule has 0 aliphatic heterocycles. The van der Waals surface area contributed by atoms with Crippen molar-refractivity contribution in [1.29, 1.82) is 0 Å². The summed E-state index contributed by atoms with van der Waals surface area (Å²) in [6.45, 7) is 0.360. The first-order valence-electron chi connectivity index (χ1n) is 9.17. The summed E-state index contributed by atoms with van der Waals surface area (Å²) in [5, 5.41) is 13.4. The fraction of sp³-hybridized carbons (Fsp3) is 0.944. The van der Waals surface area contributed by atoms with E-state index in [0.29, 0.717) is 13.0 Å². The van der Waals surface area contributed by atoms with Crippen LogP contribution in [0, 0.1) is 5.92 Å². The van der Waals surface area contributed by atoms with Gasteiger partial charge in [0.1, 0.15) is 0 Å². The normalized spacial score (nSPS) is 13.7. The first-order chi connectivity index (χ1) is 11.7. The molecule has 0 aromatic carbocycles. The van der Waals surface area contributed by atoms with Gasteiger partial charge in [-0.3, -0.25) is 4.79 Å². The van der Waals surface area contributed by atoms with Gasteiger partial charge in [-0.15, -0.1) is 0 Å². The highest BCUT2D eigenvalue weighted by Gasteiger charge is 2.20. The fourth-order valence-electron chi connectivity index (χ4n) is 2.56. The smallest absolute Gasteiger partial charge is 0.305 e. The van der Waals surface area contributed by atoms with Crippen molar-refractivity contribution in [2.75, 3.05) is 22.6 Å². The van der Waals surface area contributed by atoms with E-state index in [2.05, 4.69) is 47.8 Å². The van der Waals surface area contributed by atoms with E-state index in [9.17, 15) is 9.90 Å². The standard InChI is InChI=1S/C18H33Br3O3/c19-12-6-1-3-10-17(22)16(9-5-8-14-21)15-24-18(23)11-4-2-7-13-20/h16-17,22H,1-15H2. The minimum absolute atomic E-state index is 0.0690. The van der Waals surface area contributed by atoms with Gasteiger partial charge in [0.15, 0.2) is 0 Å². The Bertz CT molecular complexity index is 291. The van der Waals surface area contributed by atoms with Gasteiger partial charge in [0.25, 0.3) is 0 Å². The molecule has 0 radical (unpaired) electrons. The highest BCUT2D eigenvalue weighted by Crippen LogP contribution is 2.20. The molecule has 0 aromatic rings. The van der Waals surface area contributed by atoms with E-state index in [4.69, 9.17) is 4.74 Å². The van der Waals surface area contributed by atoms with Gasteiger partial charge in [0.05, 0.1) is 12.7 Å². The van der Waals surface area contributed by atoms with Crippen LogP contribution in [0.25, 0.3) is 0 Å². The van der Waals surface area contributed by atoms with Gasteiger partial charge in [-0.25, -0.2) is 0 Å². The van der Waals surface area contributed by atoms with Crippen molar-refractivity contribution in [2.24, 2.45) is 5.92 Å². The van der Waals surface area contributed by atoms with Crippen molar-refractivity contribution >= 4 is 53.8 Å². The molecule has 0 saturated carbocycles. The van der Waals surface area contributed by atoms with Gasteiger partial charge >= 0.3 is 5.97 Å². The largest absolute Gasteiger partial charge is 0.465 e. The number of carbonyl (C=O) groups excluding carboxylic acids is 1. The number of carbonyl (C=O) groups is 1. The maximum atomic E-state index is 11.8. The molecular formula is C18H33Br3O3. The van der Waals surface area contributed by atoms with E-state index in [1.54, 1.807) is 0 Å². The van der Waals surface area contributed by atoms with Crippen molar-refractivity contribution < 1.29 is 14.6 Å². The van der Waals surface area contributed by atoms with Crippen LogP contribution in [0.15, 0.2) is 0 Å². The molecule has 24 heavy (non-hydrogen) atoms. The van der Waals surface area contributed by atoms with Crippen LogP contribution in [0.2, 0.25) is 0 Å². The molecule has 0 amide bonds. The summed E-state index contributed by atoms with van der Waals surface area (Å²) in [6.07, 6.45) is 10.3. The second kappa shape index (κ2) is 18.7. The highest BCUT2D eigenvalue weighted by atomic mass is 79.9. The average molecular weight is 537 g/mol. The Labute approximate surface area is 173 Å². The summed E-state index contributed by atoms with van der Waals surface area (Å²) in [5.41, 5.74) is 0. The number of rotatable bonds is 17. The SMILES string of the molecule is O=C(CCCCCBr)OCC(CCCCBr)C(O)CCCCCBr. The van der Waals surface area contributed by atoms with Crippen molar-refractivity contribution in [2.45, 2.75) is 76.7 Å². The molecule has 3 nitrogen and oxygen atoms in total. The number of unbranched alkanes of at least 4 members (excludes halogenated alkanes) is 5. The molecular weight excluding hydrogens is 504 g/mol. The molecule has 0 aromatic heterocycles. The molecule has 1 N–H and O–H groups in total. The summed E-state index contributed by atoms with van der Waals surface area (Å²) in [4.78, 5) is 11.8. The monoisotopic (exact) mass is 534 g/mol. The Balaban J connectivity index is 4.10. The van der Waals surface area contributed by atoms with Gasteiger partial charge in [-0.1, -0.05) is 73.5 Å². The van der Waals surface area contributed by atoms with Crippen LogP contribution in [0.5, 0.6) is 0 Å². The lowest BCUT2D eigenvalue weighted by Crippen LogP contribution is -2.26. The second-order valence-corrected chi connectivity index (χ2v) is 8.61. The summed E-state index contributed by atoms with van der Waals surface area (Å²) in [7, 11) is 0. The number of hydrogen-bond donors (Lipinski definition) is 1. The maximum Gasteiger partial charge on any atom is 0.305 e. The predicted octanol–water partition coefficient (Wildman–Crippen LogP) is 5.98. The molecule has 0 rings (SSSR count). The third-order valence-corrected chi connectivity index (χ3v) is 5.79. The van der Waals surface area contributed by atoms with Crippen LogP contribution < -0.4 is 0 Å². The Kier molecular flexibility index (Phi) is 19.3. The van der Waals surface area contributed by atoms with Gasteiger partial charge in [0, 0.05) is 28.3 Å². The summed E-state index contributed by atoms with van der Waals surface area (Å²) < 4.78 is 5.43. The predicted molar refractivity (Wildman–Crippen MR) is 113 cm³/mol. The molecule has 0 aliphatic carbocycles. The fourth-order valence-corrected chi connectivity index (χ4v) is 3.75. The Morgan fingerprint density at radius 1 is 0.792 bits per heavy atom. The third-order valence-electron chi connectivity index (χ3n) is 4.11. The van der Waals surface area contributed by atoms with E-state index < -0.39 is 0 Å². The highest BCUT2D eigenvalue weighted by molar-refractivity contribution is 9.09. The molecule has 0 fully saturated rings. The zero-order chi connectivity index (χ0) is 18.0. The number of halogens is 3. The molecule has 0 aliphatic rings. The van der Waals surface area contributed by atoms with Gasteiger partial charge in [-0.2, -0.15) is 0 Å². The van der Waals surface area contributed by atoms with E-state index in [-0.39, 0.29) is 18.0 Å². The third kappa shape index (κ3) is 15.2. The van der Waals surface area contributed by atoms with Crippen LogP contribution in [0.3, 0.4) is 0 Å². The lowest BCUT2D eigenvalue weighted by atomic mass is 9.93. The zero-order valence-electron chi connectivity index (χ0n) is 14.7. The lowest BCUT2D eigenvalue weighted by Gasteiger charge is -2.23. The van der Waals surface area contributed by atoms with Gasteiger partial charge in [-0.05, 0) is 38.5 Å². The molecule has 2 unspecified atom stereocenters. The minimum atomic E-state index is -0.364. The van der Waals surface area contributed by atoms with Crippen LogP contribution in [0.4, 0.5) is 0 Å². The van der Waals surface area contributed by atoms with E-state index in [1.807, 2.05) is 0 Å². The Hall–Kier alpha value is 0.870. The van der Waals surface area contributed by atoms with Gasteiger partial charge in [0.2, 0.25) is 0 Å². The number of esters is 1. The van der Waals surface area contributed by atoms with Crippen molar-refractivity contribution in [3.63, 3.8) is 0 Å². The molecule has 0 heterocycles. The molecule has 144 valence electrons. The zero-order valence-corrected chi connectivity index (χ0v) is 19.4. The maximum absolute atomic E-state index is 11.8.